The lowest BCUT2D eigenvalue weighted by Crippen LogP contribution is -2.25. The smallest absolute Gasteiger partial charge is 0.224 e. The minimum Gasteiger partial charge on any atom is -0.349 e. The molecule has 4 heteroatoms. The van der Waals surface area contributed by atoms with Gasteiger partial charge in [0.15, 0.2) is 0 Å². The third-order valence-corrected chi connectivity index (χ3v) is 5.29. The Kier molecular flexibility index (Phi) is 2.93. The molecule has 98 valence electrons. The van der Waals surface area contributed by atoms with E-state index in [0.717, 1.165) is 17.8 Å². The first kappa shape index (κ1) is 12.2. The van der Waals surface area contributed by atoms with E-state index in [1.165, 1.54) is 29.8 Å². The lowest BCUT2D eigenvalue weighted by atomic mass is 10.0. The second-order valence-corrected chi connectivity index (χ2v) is 7.32. The van der Waals surface area contributed by atoms with Gasteiger partial charge in [0.05, 0.1) is 12.2 Å². The number of carbonyl (C=O) groups is 1. The van der Waals surface area contributed by atoms with Gasteiger partial charge in [-0.15, -0.1) is 11.3 Å². The topological polar surface area (TPSA) is 42.0 Å². The van der Waals surface area contributed by atoms with Crippen molar-refractivity contribution < 1.29 is 4.79 Å². The summed E-state index contributed by atoms with van der Waals surface area (Å²) in [5, 5.41) is 4.11. The van der Waals surface area contributed by atoms with Crippen LogP contribution in [-0.4, -0.2) is 10.9 Å². The molecule has 0 aliphatic heterocycles. The zero-order valence-electron chi connectivity index (χ0n) is 11.1. The van der Waals surface area contributed by atoms with Crippen LogP contribution in [0.2, 0.25) is 0 Å². The highest BCUT2D eigenvalue weighted by Gasteiger charge is 2.50. The van der Waals surface area contributed by atoms with Crippen molar-refractivity contribution in [1.82, 2.24) is 10.3 Å². The average Bonchev–Trinajstić information content (AvgIpc) is 2.82. The van der Waals surface area contributed by atoms with Crippen LogP contribution in [0.5, 0.6) is 0 Å². The summed E-state index contributed by atoms with van der Waals surface area (Å²) in [4.78, 5) is 18.0. The number of aryl methyl sites for hydroxylation is 2. The number of carbonyl (C=O) groups excluding carboxylic acids is 1. The fraction of sp³-hybridized carbons (Fsp3) is 0.714. The summed E-state index contributed by atoms with van der Waals surface area (Å²) in [6.07, 6.45) is 5.87. The molecule has 0 radical (unpaired) electrons. The third-order valence-electron chi connectivity index (χ3n) is 4.13. The molecular formula is C14H20N2OS. The van der Waals surface area contributed by atoms with Crippen molar-refractivity contribution in [2.24, 2.45) is 11.3 Å². The van der Waals surface area contributed by atoms with Gasteiger partial charge in [0, 0.05) is 10.8 Å². The highest BCUT2D eigenvalue weighted by molar-refractivity contribution is 7.11. The van der Waals surface area contributed by atoms with Crippen LogP contribution >= 0.6 is 11.3 Å². The third kappa shape index (κ3) is 2.30. The normalized spacial score (nSPS) is 24.4. The van der Waals surface area contributed by atoms with Crippen LogP contribution in [0.1, 0.15) is 48.7 Å². The van der Waals surface area contributed by atoms with E-state index in [4.69, 9.17) is 0 Å². The monoisotopic (exact) mass is 264 g/mol. The molecule has 1 aromatic heterocycles. The molecular weight excluding hydrogens is 244 g/mol. The maximum absolute atomic E-state index is 11.9. The predicted octanol–water partition coefficient (Wildman–Crippen LogP) is 2.68. The second kappa shape index (κ2) is 4.34. The molecule has 3 nitrogen and oxygen atoms in total. The van der Waals surface area contributed by atoms with Crippen molar-refractivity contribution in [2.45, 2.75) is 52.5 Å². The van der Waals surface area contributed by atoms with Crippen LogP contribution in [0, 0.1) is 11.3 Å². The number of thiazole rings is 1. The number of aromatic nitrogens is 1. The summed E-state index contributed by atoms with van der Waals surface area (Å²) in [5.74, 6) is 0.417. The van der Waals surface area contributed by atoms with Gasteiger partial charge in [0.1, 0.15) is 5.01 Å². The largest absolute Gasteiger partial charge is 0.349 e. The SMILES string of the molecule is CC1(C)CC1C(=O)NCc1nc2c(s1)CCCC2. The Morgan fingerprint density at radius 2 is 2.17 bits per heavy atom. The Bertz CT molecular complexity index is 455. The molecule has 3 rings (SSSR count). The van der Waals surface area contributed by atoms with Crippen molar-refractivity contribution in [3.8, 4) is 0 Å². The number of hydrogen-bond acceptors (Lipinski definition) is 3. The van der Waals surface area contributed by atoms with Crippen LogP contribution in [0.15, 0.2) is 0 Å². The first-order chi connectivity index (χ1) is 8.56. The molecule has 2 aliphatic carbocycles. The van der Waals surface area contributed by atoms with Crippen LogP contribution in [0.25, 0.3) is 0 Å². The van der Waals surface area contributed by atoms with Crippen molar-refractivity contribution in [2.75, 3.05) is 0 Å². The molecule has 1 fully saturated rings. The van der Waals surface area contributed by atoms with Crippen molar-refractivity contribution in [1.29, 1.82) is 0 Å². The van der Waals surface area contributed by atoms with E-state index < -0.39 is 0 Å². The zero-order valence-corrected chi connectivity index (χ0v) is 11.9. The Labute approximate surface area is 112 Å². The first-order valence-electron chi connectivity index (χ1n) is 6.81. The lowest BCUT2D eigenvalue weighted by molar-refractivity contribution is -0.123. The molecule has 0 aromatic carbocycles. The summed E-state index contributed by atoms with van der Waals surface area (Å²) in [7, 11) is 0. The van der Waals surface area contributed by atoms with Gasteiger partial charge in [0.25, 0.3) is 0 Å². The van der Waals surface area contributed by atoms with E-state index in [1.807, 2.05) is 0 Å². The Hall–Kier alpha value is -0.900. The predicted molar refractivity (Wildman–Crippen MR) is 72.5 cm³/mol. The number of fused-ring (bicyclic) bond motifs is 1. The van der Waals surface area contributed by atoms with Gasteiger partial charge < -0.3 is 5.32 Å². The number of nitrogens with zero attached hydrogens (tertiary/aromatic N) is 1. The number of amides is 1. The standard InChI is InChI=1S/C14H20N2OS/c1-14(2)7-9(14)13(17)15-8-12-16-10-5-3-4-6-11(10)18-12/h9H,3-8H2,1-2H3,(H,15,17). The number of hydrogen-bond donors (Lipinski definition) is 1. The lowest BCUT2D eigenvalue weighted by Gasteiger charge is -2.06. The average molecular weight is 264 g/mol. The molecule has 1 amide bonds. The summed E-state index contributed by atoms with van der Waals surface area (Å²) in [6.45, 7) is 4.92. The number of rotatable bonds is 3. The van der Waals surface area contributed by atoms with E-state index in [1.54, 1.807) is 11.3 Å². The number of nitrogens with one attached hydrogen (secondary N) is 1. The van der Waals surface area contributed by atoms with Gasteiger partial charge in [-0.2, -0.15) is 0 Å². The maximum Gasteiger partial charge on any atom is 0.224 e. The fourth-order valence-corrected chi connectivity index (χ4v) is 3.78. The Balaban J connectivity index is 1.57. The Morgan fingerprint density at radius 3 is 2.83 bits per heavy atom. The highest BCUT2D eigenvalue weighted by atomic mass is 32.1. The van der Waals surface area contributed by atoms with Gasteiger partial charge >= 0.3 is 0 Å². The molecule has 1 aromatic rings. The molecule has 18 heavy (non-hydrogen) atoms. The molecule has 1 heterocycles. The van der Waals surface area contributed by atoms with E-state index >= 15 is 0 Å². The van der Waals surface area contributed by atoms with Gasteiger partial charge in [-0.25, -0.2) is 4.98 Å². The molecule has 0 bridgehead atoms. The fourth-order valence-electron chi connectivity index (χ4n) is 2.68. The van der Waals surface area contributed by atoms with Gasteiger partial charge in [-0.1, -0.05) is 13.8 Å². The van der Waals surface area contributed by atoms with Gasteiger partial charge in [-0.05, 0) is 37.5 Å². The molecule has 1 atom stereocenters. The minimum absolute atomic E-state index is 0.202. The van der Waals surface area contributed by atoms with E-state index in [0.29, 0.717) is 6.54 Å². The summed E-state index contributed by atoms with van der Waals surface area (Å²) < 4.78 is 0. The zero-order chi connectivity index (χ0) is 12.8. The second-order valence-electron chi connectivity index (χ2n) is 6.15. The highest BCUT2D eigenvalue weighted by Crippen LogP contribution is 2.51. The maximum atomic E-state index is 11.9. The first-order valence-corrected chi connectivity index (χ1v) is 7.63. The quantitative estimate of drug-likeness (QED) is 0.912. The van der Waals surface area contributed by atoms with Crippen LogP contribution < -0.4 is 5.32 Å². The van der Waals surface area contributed by atoms with Gasteiger partial charge in [-0.3, -0.25) is 4.79 Å². The Morgan fingerprint density at radius 1 is 1.44 bits per heavy atom. The molecule has 0 spiro atoms. The molecule has 1 saturated carbocycles. The van der Waals surface area contributed by atoms with Crippen LogP contribution in [-0.2, 0) is 24.2 Å². The summed E-state index contributed by atoms with van der Waals surface area (Å²) >= 11 is 1.78. The molecule has 1 N–H and O–H groups in total. The molecule has 1 unspecified atom stereocenters. The van der Waals surface area contributed by atoms with Crippen molar-refractivity contribution in [3.05, 3.63) is 15.6 Å². The van der Waals surface area contributed by atoms with E-state index in [-0.39, 0.29) is 17.2 Å². The molecule has 0 saturated heterocycles. The summed E-state index contributed by atoms with van der Waals surface area (Å²) in [5.41, 5.74) is 1.49. The van der Waals surface area contributed by atoms with Crippen LogP contribution in [0.4, 0.5) is 0 Å². The van der Waals surface area contributed by atoms with E-state index in [2.05, 4.69) is 24.1 Å². The summed E-state index contributed by atoms with van der Waals surface area (Å²) in [6, 6.07) is 0. The van der Waals surface area contributed by atoms with Crippen molar-refractivity contribution >= 4 is 17.2 Å². The van der Waals surface area contributed by atoms with Crippen molar-refractivity contribution in [3.63, 3.8) is 0 Å². The van der Waals surface area contributed by atoms with Crippen LogP contribution in [0.3, 0.4) is 0 Å². The van der Waals surface area contributed by atoms with Gasteiger partial charge in [0.2, 0.25) is 5.91 Å². The molecule has 2 aliphatic rings. The minimum atomic E-state index is 0.202. The van der Waals surface area contributed by atoms with E-state index in [9.17, 15) is 4.79 Å².